The van der Waals surface area contributed by atoms with Gasteiger partial charge in [-0.2, -0.15) is 0 Å². The molecule has 0 unspecified atom stereocenters. The van der Waals surface area contributed by atoms with E-state index < -0.39 is 0 Å². The fourth-order valence-electron chi connectivity index (χ4n) is 3.79. The number of thiazole rings is 1. The maximum atomic E-state index is 13.2. The minimum absolute atomic E-state index is 0.138. The van der Waals surface area contributed by atoms with E-state index in [9.17, 15) is 4.79 Å². The maximum absolute atomic E-state index is 13.2. The van der Waals surface area contributed by atoms with Crippen molar-refractivity contribution in [2.75, 3.05) is 18.1 Å². The van der Waals surface area contributed by atoms with Crippen LogP contribution >= 0.6 is 11.3 Å². The van der Waals surface area contributed by atoms with Gasteiger partial charge in [0.25, 0.3) is 0 Å². The van der Waals surface area contributed by atoms with Gasteiger partial charge in [-0.3, -0.25) is 9.69 Å². The van der Waals surface area contributed by atoms with Crippen LogP contribution in [0, 0.1) is 5.92 Å². The second-order valence-corrected chi connectivity index (χ2v) is 8.19. The molecule has 4 rings (SSSR count). The summed E-state index contributed by atoms with van der Waals surface area (Å²) < 4.78 is 8.71. The Morgan fingerprint density at radius 1 is 1.36 bits per heavy atom. The monoisotopic (exact) mass is 398 g/mol. The van der Waals surface area contributed by atoms with Crippen LogP contribution in [0.1, 0.15) is 39.0 Å². The molecule has 0 aliphatic heterocycles. The third-order valence-corrected chi connectivity index (χ3v) is 6.26. The van der Waals surface area contributed by atoms with E-state index in [1.54, 1.807) is 17.5 Å². The highest BCUT2D eigenvalue weighted by Crippen LogP contribution is 2.34. The van der Waals surface area contributed by atoms with Gasteiger partial charge in [-0.25, -0.2) is 9.97 Å². The molecule has 2 aromatic heterocycles. The summed E-state index contributed by atoms with van der Waals surface area (Å²) in [6, 6.07) is 5.94. The molecule has 7 heteroatoms. The van der Waals surface area contributed by atoms with Crippen molar-refractivity contribution in [3.63, 3.8) is 0 Å². The number of carbonyl (C=O) groups is 1. The minimum atomic E-state index is 0.138. The highest BCUT2D eigenvalue weighted by Gasteiger charge is 2.29. The van der Waals surface area contributed by atoms with Gasteiger partial charge in [0.15, 0.2) is 5.13 Å². The van der Waals surface area contributed by atoms with Gasteiger partial charge in [0.1, 0.15) is 5.75 Å². The van der Waals surface area contributed by atoms with Crippen LogP contribution in [0.15, 0.2) is 36.9 Å². The Morgan fingerprint density at radius 3 is 2.96 bits per heavy atom. The summed E-state index contributed by atoms with van der Waals surface area (Å²) in [7, 11) is 0. The lowest BCUT2D eigenvalue weighted by molar-refractivity contribution is -0.122. The molecular weight excluding hydrogens is 372 g/mol. The number of fused-ring (bicyclic) bond motifs is 1. The average molecular weight is 399 g/mol. The van der Waals surface area contributed by atoms with Crippen molar-refractivity contribution >= 4 is 32.6 Å². The molecule has 1 aromatic carbocycles. The van der Waals surface area contributed by atoms with Gasteiger partial charge >= 0.3 is 0 Å². The number of nitrogens with zero attached hydrogens (tertiary/aromatic N) is 4. The van der Waals surface area contributed by atoms with Crippen LogP contribution in [0.4, 0.5) is 5.13 Å². The normalized spacial score (nSPS) is 14.6. The summed E-state index contributed by atoms with van der Waals surface area (Å²) >= 11 is 1.58. The van der Waals surface area contributed by atoms with E-state index in [0.29, 0.717) is 13.2 Å². The molecule has 3 aromatic rings. The van der Waals surface area contributed by atoms with Crippen molar-refractivity contribution in [1.82, 2.24) is 14.5 Å². The zero-order valence-corrected chi connectivity index (χ0v) is 17.0. The number of aryl methyl sites for hydroxylation is 1. The molecule has 0 radical (unpaired) electrons. The van der Waals surface area contributed by atoms with E-state index in [2.05, 4.69) is 4.98 Å². The molecule has 1 saturated carbocycles. The molecule has 0 spiro atoms. The van der Waals surface area contributed by atoms with E-state index in [4.69, 9.17) is 9.72 Å². The van der Waals surface area contributed by atoms with Crippen LogP contribution in [0.5, 0.6) is 5.75 Å². The molecule has 0 bridgehead atoms. The van der Waals surface area contributed by atoms with Crippen molar-refractivity contribution in [2.24, 2.45) is 5.92 Å². The summed E-state index contributed by atoms with van der Waals surface area (Å²) in [6.07, 6.45) is 10.7. The van der Waals surface area contributed by atoms with Gasteiger partial charge in [-0.05, 0) is 44.4 Å². The van der Waals surface area contributed by atoms with Gasteiger partial charge in [0, 0.05) is 31.4 Å². The fourth-order valence-corrected chi connectivity index (χ4v) is 4.81. The number of hydrogen-bond acceptors (Lipinski definition) is 5. The molecule has 1 aliphatic rings. The number of aromatic nitrogens is 3. The third kappa shape index (κ3) is 4.19. The first-order chi connectivity index (χ1) is 13.7. The molecule has 0 atom stereocenters. The molecular formula is C21H26N4O2S. The second kappa shape index (κ2) is 8.73. The molecule has 2 heterocycles. The largest absolute Gasteiger partial charge is 0.494 e. The molecule has 6 nitrogen and oxygen atoms in total. The number of ether oxygens (including phenoxy) is 1. The summed E-state index contributed by atoms with van der Waals surface area (Å²) in [6.45, 7) is 4.13. The molecule has 148 valence electrons. The Bertz CT molecular complexity index is 916. The van der Waals surface area contributed by atoms with Gasteiger partial charge in [-0.1, -0.05) is 24.2 Å². The zero-order chi connectivity index (χ0) is 19.3. The minimum Gasteiger partial charge on any atom is -0.494 e. The van der Waals surface area contributed by atoms with E-state index >= 15 is 0 Å². The van der Waals surface area contributed by atoms with E-state index in [1.165, 1.54) is 0 Å². The lowest BCUT2D eigenvalue weighted by atomic mass is 10.1. The second-order valence-electron chi connectivity index (χ2n) is 7.18. The Morgan fingerprint density at radius 2 is 2.21 bits per heavy atom. The highest BCUT2D eigenvalue weighted by atomic mass is 32.1. The summed E-state index contributed by atoms with van der Waals surface area (Å²) in [4.78, 5) is 24.0. The lowest BCUT2D eigenvalue weighted by Gasteiger charge is -2.23. The smallest absolute Gasteiger partial charge is 0.231 e. The topological polar surface area (TPSA) is 60.2 Å². The SMILES string of the molecule is CCOc1ccc2nc(N(CCCn3ccnc3)C(=O)C3CCCC3)sc2c1. The van der Waals surface area contributed by atoms with Crippen LogP contribution in [0.2, 0.25) is 0 Å². The summed E-state index contributed by atoms with van der Waals surface area (Å²) in [5, 5.41) is 0.797. The van der Waals surface area contributed by atoms with E-state index in [-0.39, 0.29) is 11.8 Å². The molecule has 28 heavy (non-hydrogen) atoms. The van der Waals surface area contributed by atoms with Crippen LogP contribution in [-0.2, 0) is 11.3 Å². The Hall–Kier alpha value is -2.41. The quantitative estimate of drug-likeness (QED) is 0.560. The first-order valence-electron chi connectivity index (χ1n) is 10.0. The van der Waals surface area contributed by atoms with Crippen molar-refractivity contribution in [3.8, 4) is 5.75 Å². The number of carbonyl (C=O) groups excluding carboxylic acids is 1. The maximum Gasteiger partial charge on any atom is 0.231 e. The van der Waals surface area contributed by atoms with Crippen LogP contribution in [-0.4, -0.2) is 33.6 Å². The number of hydrogen-bond donors (Lipinski definition) is 0. The molecule has 0 saturated heterocycles. The van der Waals surface area contributed by atoms with Gasteiger partial charge in [0.2, 0.25) is 5.91 Å². The van der Waals surface area contributed by atoms with Gasteiger partial charge < -0.3 is 9.30 Å². The highest BCUT2D eigenvalue weighted by molar-refractivity contribution is 7.22. The van der Waals surface area contributed by atoms with Crippen molar-refractivity contribution in [1.29, 1.82) is 0 Å². The first-order valence-corrected chi connectivity index (χ1v) is 10.9. The Kier molecular flexibility index (Phi) is 5.90. The number of amides is 1. The van der Waals surface area contributed by atoms with E-state index in [1.807, 2.05) is 47.1 Å². The average Bonchev–Trinajstić information content (AvgIpc) is 3.46. The Balaban J connectivity index is 1.56. The van der Waals surface area contributed by atoms with Crippen LogP contribution in [0.3, 0.4) is 0 Å². The third-order valence-electron chi connectivity index (χ3n) is 5.22. The number of anilines is 1. The number of imidazole rings is 1. The molecule has 1 amide bonds. The molecule has 1 aliphatic carbocycles. The number of benzene rings is 1. The van der Waals surface area contributed by atoms with Gasteiger partial charge in [-0.15, -0.1) is 0 Å². The standard InChI is InChI=1S/C21H26N4O2S/c1-2-27-17-8-9-18-19(14-17)28-21(23-18)25(20(26)16-6-3-4-7-16)12-5-11-24-13-10-22-15-24/h8-10,13-16H,2-7,11-12H2,1H3. The molecule has 1 fully saturated rings. The van der Waals surface area contributed by atoms with Crippen LogP contribution in [0.25, 0.3) is 10.2 Å². The molecule has 0 N–H and O–H groups in total. The van der Waals surface area contributed by atoms with Gasteiger partial charge in [0.05, 0.1) is 23.2 Å². The first kappa shape index (κ1) is 18.9. The van der Waals surface area contributed by atoms with Crippen molar-refractivity contribution in [3.05, 3.63) is 36.9 Å². The lowest BCUT2D eigenvalue weighted by Crippen LogP contribution is -2.36. The zero-order valence-electron chi connectivity index (χ0n) is 16.2. The van der Waals surface area contributed by atoms with Crippen molar-refractivity contribution < 1.29 is 9.53 Å². The Labute approximate surface area is 169 Å². The summed E-state index contributed by atoms with van der Waals surface area (Å²) in [5.41, 5.74) is 0.919. The predicted molar refractivity (Wildman–Crippen MR) is 112 cm³/mol. The fraction of sp³-hybridized carbons (Fsp3) is 0.476. The number of rotatable bonds is 8. The summed E-state index contributed by atoms with van der Waals surface area (Å²) in [5.74, 6) is 1.21. The predicted octanol–water partition coefficient (Wildman–Crippen LogP) is 4.51. The van der Waals surface area contributed by atoms with E-state index in [0.717, 1.165) is 59.7 Å². The van der Waals surface area contributed by atoms with Crippen molar-refractivity contribution in [2.45, 2.75) is 45.6 Å². The van der Waals surface area contributed by atoms with Crippen LogP contribution < -0.4 is 9.64 Å².